The lowest BCUT2D eigenvalue weighted by molar-refractivity contribution is 0.0952. The molecule has 9 heteroatoms. The second-order valence-electron chi connectivity index (χ2n) is 10.8. The largest absolute Gasteiger partial charge is 0.348 e. The summed E-state index contributed by atoms with van der Waals surface area (Å²) < 4.78 is 1.67. The fourth-order valence-electron chi connectivity index (χ4n) is 5.16. The van der Waals surface area contributed by atoms with Crippen molar-refractivity contribution in [2.75, 3.05) is 0 Å². The molecule has 0 radical (unpaired) electrons. The maximum atomic E-state index is 13.5. The number of hydrogen-bond donors (Lipinski definition) is 3. The van der Waals surface area contributed by atoms with Crippen molar-refractivity contribution in [3.8, 4) is 6.07 Å². The van der Waals surface area contributed by atoms with Gasteiger partial charge in [-0.3, -0.25) is 9.59 Å². The van der Waals surface area contributed by atoms with Crippen molar-refractivity contribution >= 4 is 22.5 Å². The minimum absolute atomic E-state index is 0.106. The van der Waals surface area contributed by atoms with Crippen molar-refractivity contribution in [2.45, 2.75) is 78.6 Å². The zero-order valence-electron chi connectivity index (χ0n) is 21.7. The molecule has 36 heavy (non-hydrogen) atoms. The number of pyridine rings is 2. The third-order valence-corrected chi connectivity index (χ3v) is 6.37. The fourth-order valence-corrected chi connectivity index (χ4v) is 5.16. The summed E-state index contributed by atoms with van der Waals surface area (Å²) in [7, 11) is 0. The molecule has 4 rings (SSSR count). The molecule has 0 bridgehead atoms. The molecule has 1 aliphatic rings. The fraction of sp³-hybridized carbons (Fsp3) is 0.444. The van der Waals surface area contributed by atoms with Gasteiger partial charge in [0.25, 0.3) is 11.5 Å². The number of carbonyl (C=O) groups excluding carboxylic acids is 1. The van der Waals surface area contributed by atoms with Gasteiger partial charge in [0.2, 0.25) is 0 Å². The number of nitrogens with one attached hydrogen (secondary N) is 3. The highest BCUT2D eigenvalue weighted by atomic mass is 16.1. The third-order valence-electron chi connectivity index (χ3n) is 6.37. The van der Waals surface area contributed by atoms with E-state index in [2.05, 4.69) is 60.6 Å². The summed E-state index contributed by atoms with van der Waals surface area (Å²) in [4.78, 5) is 33.6. The summed E-state index contributed by atoms with van der Waals surface area (Å²) in [6.07, 6.45) is 4.79. The first-order valence-corrected chi connectivity index (χ1v) is 12.1. The topological polar surface area (TPSA) is 128 Å². The van der Waals surface area contributed by atoms with Crippen molar-refractivity contribution in [1.82, 2.24) is 30.4 Å². The van der Waals surface area contributed by atoms with E-state index in [-0.39, 0.29) is 35.5 Å². The van der Waals surface area contributed by atoms with Crippen LogP contribution < -0.4 is 16.2 Å². The molecule has 0 saturated carbocycles. The molecule has 0 fully saturated rings. The smallest absolute Gasteiger partial charge is 0.253 e. The minimum atomic E-state index is -0.309. The molecule has 1 aliphatic heterocycles. The molecule has 3 N–H and O–H groups in total. The Morgan fingerprint density at radius 1 is 1.25 bits per heavy atom. The predicted octanol–water partition coefficient (Wildman–Crippen LogP) is 3.51. The number of amides is 1. The molecule has 4 heterocycles. The summed E-state index contributed by atoms with van der Waals surface area (Å²) in [6, 6.07) is 5.84. The number of carbonyl (C=O) groups is 1. The number of fused-ring (bicyclic) bond motifs is 1. The van der Waals surface area contributed by atoms with Gasteiger partial charge in [-0.05, 0) is 71.2 Å². The molecular weight excluding hydrogens is 454 g/mol. The van der Waals surface area contributed by atoms with Gasteiger partial charge in [-0.15, -0.1) is 0 Å². The van der Waals surface area contributed by atoms with Crippen LogP contribution in [0, 0.1) is 25.2 Å². The molecule has 0 saturated heterocycles. The van der Waals surface area contributed by atoms with Crippen LogP contribution in [0.4, 0.5) is 0 Å². The maximum Gasteiger partial charge on any atom is 0.253 e. The van der Waals surface area contributed by atoms with Crippen LogP contribution >= 0.6 is 0 Å². The van der Waals surface area contributed by atoms with Crippen LogP contribution in [-0.4, -0.2) is 36.7 Å². The first-order chi connectivity index (χ1) is 16.9. The van der Waals surface area contributed by atoms with E-state index < -0.39 is 0 Å². The number of aromatic amines is 1. The molecular formula is C27H33N7O2. The van der Waals surface area contributed by atoms with Crippen LogP contribution in [0.2, 0.25) is 0 Å². The highest BCUT2D eigenvalue weighted by Gasteiger charge is 2.33. The van der Waals surface area contributed by atoms with E-state index in [4.69, 9.17) is 10.2 Å². The van der Waals surface area contributed by atoms with E-state index in [0.717, 1.165) is 23.3 Å². The number of rotatable bonds is 6. The maximum absolute atomic E-state index is 13.5. The average Bonchev–Trinajstić information content (AvgIpc) is 3.17. The number of aromatic nitrogens is 4. The van der Waals surface area contributed by atoms with Crippen LogP contribution in [0.25, 0.3) is 16.6 Å². The van der Waals surface area contributed by atoms with Crippen LogP contribution in [0.3, 0.4) is 0 Å². The van der Waals surface area contributed by atoms with Gasteiger partial charge in [0.05, 0.1) is 41.9 Å². The number of hydrogen-bond acceptors (Lipinski definition) is 6. The number of aryl methyl sites for hydroxylation is 3. The Morgan fingerprint density at radius 3 is 2.67 bits per heavy atom. The quantitative estimate of drug-likeness (QED) is 0.488. The highest BCUT2D eigenvalue weighted by molar-refractivity contribution is 6.06. The highest BCUT2D eigenvalue weighted by Crippen LogP contribution is 2.34. The van der Waals surface area contributed by atoms with Gasteiger partial charge in [-0.1, -0.05) is 6.08 Å². The van der Waals surface area contributed by atoms with Crippen molar-refractivity contribution in [2.24, 2.45) is 0 Å². The lowest BCUT2D eigenvalue weighted by atomic mass is 9.82. The molecule has 0 atom stereocenters. The van der Waals surface area contributed by atoms with Gasteiger partial charge in [-0.2, -0.15) is 10.4 Å². The predicted molar refractivity (Wildman–Crippen MR) is 139 cm³/mol. The van der Waals surface area contributed by atoms with E-state index in [1.807, 2.05) is 26.0 Å². The second kappa shape index (κ2) is 9.36. The molecule has 0 aromatic carbocycles. The number of nitriles is 1. The van der Waals surface area contributed by atoms with E-state index in [1.165, 1.54) is 0 Å². The Balaban J connectivity index is 1.77. The SMILES string of the molecule is Cc1cc(C)c(CNC(=O)c2cc(C3=CC(C)(C)NC(C)(C)C3)nc3c2cnn3CCC#N)c(=O)[nH]1. The van der Waals surface area contributed by atoms with Crippen LogP contribution in [0.5, 0.6) is 0 Å². The summed E-state index contributed by atoms with van der Waals surface area (Å²) in [5.74, 6) is -0.309. The Morgan fingerprint density at radius 2 is 2.00 bits per heavy atom. The van der Waals surface area contributed by atoms with Crippen molar-refractivity contribution in [3.63, 3.8) is 0 Å². The van der Waals surface area contributed by atoms with Gasteiger partial charge in [0.15, 0.2) is 5.65 Å². The first-order valence-electron chi connectivity index (χ1n) is 12.1. The molecule has 0 unspecified atom stereocenters. The normalized spacial score (nSPS) is 16.4. The Labute approximate surface area is 210 Å². The number of H-pyrrole nitrogens is 1. The van der Waals surface area contributed by atoms with Gasteiger partial charge in [0, 0.05) is 28.9 Å². The van der Waals surface area contributed by atoms with Crippen molar-refractivity contribution in [3.05, 3.63) is 62.8 Å². The molecule has 1 amide bonds. The van der Waals surface area contributed by atoms with Gasteiger partial charge < -0.3 is 15.6 Å². The lowest BCUT2D eigenvalue weighted by Gasteiger charge is -2.41. The Bertz CT molecular complexity index is 1470. The van der Waals surface area contributed by atoms with Crippen LogP contribution in [-0.2, 0) is 13.1 Å². The third kappa shape index (κ3) is 5.24. The lowest BCUT2D eigenvalue weighted by Crippen LogP contribution is -2.53. The summed E-state index contributed by atoms with van der Waals surface area (Å²) in [6.45, 7) is 12.7. The summed E-state index contributed by atoms with van der Waals surface area (Å²) >= 11 is 0. The average molecular weight is 488 g/mol. The number of nitrogens with zero attached hydrogens (tertiary/aromatic N) is 4. The van der Waals surface area contributed by atoms with Crippen molar-refractivity contribution in [1.29, 1.82) is 5.26 Å². The zero-order chi connectivity index (χ0) is 26.3. The molecule has 9 nitrogen and oxygen atoms in total. The van der Waals surface area contributed by atoms with Crippen LogP contribution in [0.1, 0.15) is 73.4 Å². The van der Waals surface area contributed by atoms with E-state index in [0.29, 0.717) is 34.4 Å². The summed E-state index contributed by atoms with van der Waals surface area (Å²) in [5.41, 5.74) is 4.26. The van der Waals surface area contributed by atoms with E-state index in [1.54, 1.807) is 10.9 Å². The second-order valence-corrected chi connectivity index (χ2v) is 10.8. The standard InChI is InChI=1S/C27H33N7O2/c1-16-10-17(2)31-25(36)20(16)14-29-24(35)19-11-22(18-12-26(3,4)33-27(5,6)13-18)32-23-21(19)15-30-34(23)9-7-8-28/h10-12,15,33H,7,9,13-14H2,1-6H3,(H,29,35)(H,31,36). The Hall–Kier alpha value is -3.77. The van der Waals surface area contributed by atoms with Crippen molar-refractivity contribution < 1.29 is 4.79 Å². The molecule has 3 aromatic heterocycles. The first kappa shape index (κ1) is 25.3. The minimum Gasteiger partial charge on any atom is -0.348 e. The molecule has 3 aromatic rings. The van der Waals surface area contributed by atoms with Crippen LogP contribution in [0.15, 0.2) is 29.2 Å². The molecule has 0 aliphatic carbocycles. The van der Waals surface area contributed by atoms with Gasteiger partial charge in [-0.25, -0.2) is 9.67 Å². The van der Waals surface area contributed by atoms with E-state index >= 15 is 0 Å². The molecule has 0 spiro atoms. The molecule has 188 valence electrons. The Kier molecular flexibility index (Phi) is 6.58. The zero-order valence-corrected chi connectivity index (χ0v) is 21.7. The van der Waals surface area contributed by atoms with Gasteiger partial charge in [0.1, 0.15) is 0 Å². The monoisotopic (exact) mass is 487 g/mol. The van der Waals surface area contributed by atoms with E-state index in [9.17, 15) is 9.59 Å². The summed E-state index contributed by atoms with van der Waals surface area (Å²) in [5, 5.41) is 20.6. The van der Waals surface area contributed by atoms with Gasteiger partial charge >= 0.3 is 0 Å².